The van der Waals surface area contributed by atoms with E-state index >= 15 is 0 Å². The zero-order valence-electron chi connectivity index (χ0n) is 23.0. The van der Waals surface area contributed by atoms with E-state index in [1.54, 1.807) is 7.11 Å². The molecule has 6 atom stereocenters. The van der Waals surface area contributed by atoms with Crippen LogP contribution in [0.15, 0.2) is 36.4 Å². The third-order valence-corrected chi connectivity index (χ3v) is 10.8. The average Bonchev–Trinajstić information content (AvgIpc) is 3.52. The minimum atomic E-state index is 0.414. The summed E-state index contributed by atoms with van der Waals surface area (Å²) in [7, 11) is 1.76. The SMILES string of the molecule is COc1cc(CN2CCCC2)ccc1OCC[C@H]1CC[C@H]2[C@@H]3C(C)Cc4cc(O)ccc4[C@H]3CC[C@]12C. The second-order valence-corrected chi connectivity index (χ2v) is 12.8. The molecule has 1 N–H and O–H groups in total. The minimum Gasteiger partial charge on any atom is -0.508 e. The van der Waals surface area contributed by atoms with E-state index in [9.17, 15) is 5.11 Å². The molecule has 3 aliphatic carbocycles. The monoisotopic (exact) mass is 503 g/mol. The van der Waals surface area contributed by atoms with Gasteiger partial charge in [0.2, 0.25) is 0 Å². The highest BCUT2D eigenvalue weighted by molar-refractivity contribution is 5.43. The zero-order valence-corrected chi connectivity index (χ0v) is 23.0. The van der Waals surface area contributed by atoms with Crippen molar-refractivity contribution in [3.05, 3.63) is 53.1 Å². The van der Waals surface area contributed by atoms with Gasteiger partial charge in [0.25, 0.3) is 0 Å². The summed E-state index contributed by atoms with van der Waals surface area (Å²) in [4.78, 5) is 2.52. The van der Waals surface area contributed by atoms with Crippen molar-refractivity contribution in [1.82, 2.24) is 4.90 Å². The van der Waals surface area contributed by atoms with Crippen molar-refractivity contribution < 1.29 is 14.6 Å². The summed E-state index contributed by atoms with van der Waals surface area (Å²) in [5.41, 5.74) is 4.64. The van der Waals surface area contributed by atoms with Crippen molar-refractivity contribution in [2.24, 2.45) is 29.1 Å². The minimum absolute atomic E-state index is 0.414. The van der Waals surface area contributed by atoms with Crippen LogP contribution in [0.4, 0.5) is 0 Å². The molecular formula is C33H45NO3. The van der Waals surface area contributed by atoms with Gasteiger partial charge in [-0.3, -0.25) is 4.90 Å². The summed E-state index contributed by atoms with van der Waals surface area (Å²) in [6, 6.07) is 12.7. The molecule has 0 amide bonds. The number of ether oxygens (including phenoxy) is 2. The van der Waals surface area contributed by atoms with Crippen LogP contribution >= 0.6 is 0 Å². The fourth-order valence-corrected chi connectivity index (χ4v) is 8.99. The van der Waals surface area contributed by atoms with E-state index in [0.29, 0.717) is 23.0 Å². The third kappa shape index (κ3) is 4.64. The van der Waals surface area contributed by atoms with Gasteiger partial charge in [-0.1, -0.05) is 26.0 Å². The third-order valence-electron chi connectivity index (χ3n) is 10.8. The molecule has 3 fully saturated rings. The van der Waals surface area contributed by atoms with Crippen LogP contribution < -0.4 is 9.47 Å². The van der Waals surface area contributed by atoms with Crippen LogP contribution in [0.1, 0.15) is 81.4 Å². The summed E-state index contributed by atoms with van der Waals surface area (Å²) in [5.74, 6) is 5.82. The maximum Gasteiger partial charge on any atom is 0.161 e. The van der Waals surface area contributed by atoms with Crippen molar-refractivity contribution >= 4 is 0 Å². The lowest BCUT2D eigenvalue weighted by Crippen LogP contribution is -2.45. The van der Waals surface area contributed by atoms with E-state index in [-0.39, 0.29) is 0 Å². The predicted molar refractivity (Wildman–Crippen MR) is 148 cm³/mol. The molecule has 0 radical (unpaired) electrons. The molecule has 4 heteroatoms. The predicted octanol–water partition coefficient (Wildman–Crippen LogP) is 7.18. The van der Waals surface area contributed by atoms with Crippen molar-refractivity contribution in [3.63, 3.8) is 0 Å². The molecule has 1 aliphatic heterocycles. The van der Waals surface area contributed by atoms with E-state index in [2.05, 4.69) is 43.0 Å². The Balaban J connectivity index is 1.10. The molecule has 1 heterocycles. The normalized spacial score (nSPS) is 33.0. The second kappa shape index (κ2) is 10.2. The Morgan fingerprint density at radius 3 is 2.68 bits per heavy atom. The molecular weight excluding hydrogens is 458 g/mol. The van der Waals surface area contributed by atoms with Crippen LogP contribution in [0.2, 0.25) is 0 Å². The fourth-order valence-electron chi connectivity index (χ4n) is 8.99. The molecule has 1 saturated heterocycles. The van der Waals surface area contributed by atoms with Crippen molar-refractivity contribution in [1.29, 1.82) is 0 Å². The second-order valence-electron chi connectivity index (χ2n) is 12.8. The van der Waals surface area contributed by atoms with Crippen LogP contribution in [0, 0.1) is 29.1 Å². The number of fused-ring (bicyclic) bond motifs is 5. The van der Waals surface area contributed by atoms with Crippen LogP contribution in [-0.2, 0) is 13.0 Å². The largest absolute Gasteiger partial charge is 0.508 e. The lowest BCUT2D eigenvalue weighted by Gasteiger charge is -2.53. The van der Waals surface area contributed by atoms with E-state index in [1.165, 1.54) is 68.3 Å². The van der Waals surface area contributed by atoms with Gasteiger partial charge in [-0.2, -0.15) is 0 Å². The van der Waals surface area contributed by atoms with Gasteiger partial charge in [-0.15, -0.1) is 0 Å². The number of rotatable bonds is 7. The number of aromatic hydroxyl groups is 1. The van der Waals surface area contributed by atoms with Crippen LogP contribution in [0.5, 0.6) is 17.2 Å². The molecule has 6 rings (SSSR count). The molecule has 4 aliphatic rings. The maximum absolute atomic E-state index is 10.0. The molecule has 37 heavy (non-hydrogen) atoms. The molecule has 2 aromatic rings. The number of benzene rings is 2. The Hall–Kier alpha value is -2.20. The van der Waals surface area contributed by atoms with Gasteiger partial charge >= 0.3 is 0 Å². The van der Waals surface area contributed by atoms with Gasteiger partial charge in [-0.05, 0) is 140 Å². The van der Waals surface area contributed by atoms with Crippen molar-refractivity contribution in [3.8, 4) is 17.2 Å². The molecule has 1 unspecified atom stereocenters. The first kappa shape index (κ1) is 25.1. The number of likely N-dealkylation sites (tertiary alicyclic amines) is 1. The van der Waals surface area contributed by atoms with Gasteiger partial charge in [0.1, 0.15) is 5.75 Å². The number of nitrogens with zero attached hydrogens (tertiary/aromatic N) is 1. The smallest absolute Gasteiger partial charge is 0.161 e. The lowest BCUT2D eigenvalue weighted by molar-refractivity contribution is 0.000862. The summed E-state index contributed by atoms with van der Waals surface area (Å²) < 4.78 is 12.1. The summed E-state index contributed by atoms with van der Waals surface area (Å²) in [6.45, 7) is 9.24. The number of hydrogen-bond acceptors (Lipinski definition) is 4. The summed E-state index contributed by atoms with van der Waals surface area (Å²) in [6.07, 6.45) is 10.1. The average molecular weight is 504 g/mol. The Morgan fingerprint density at radius 1 is 1.03 bits per heavy atom. The molecule has 0 aromatic heterocycles. The van der Waals surface area contributed by atoms with Crippen LogP contribution in [-0.4, -0.2) is 36.8 Å². The highest BCUT2D eigenvalue weighted by Crippen LogP contribution is 2.64. The van der Waals surface area contributed by atoms with Gasteiger partial charge < -0.3 is 14.6 Å². The van der Waals surface area contributed by atoms with E-state index < -0.39 is 0 Å². The number of hydrogen-bond donors (Lipinski definition) is 1. The van der Waals surface area contributed by atoms with Crippen molar-refractivity contribution in [2.45, 2.75) is 77.7 Å². The van der Waals surface area contributed by atoms with E-state index in [1.807, 2.05) is 12.1 Å². The van der Waals surface area contributed by atoms with E-state index in [0.717, 1.165) is 55.2 Å². The molecule has 0 bridgehead atoms. The summed E-state index contributed by atoms with van der Waals surface area (Å²) >= 11 is 0. The molecule has 0 spiro atoms. The Bertz CT molecular complexity index is 1110. The molecule has 200 valence electrons. The number of methoxy groups -OCH3 is 1. The first-order chi connectivity index (χ1) is 18.0. The highest BCUT2D eigenvalue weighted by Gasteiger charge is 2.55. The van der Waals surface area contributed by atoms with Gasteiger partial charge in [0.05, 0.1) is 13.7 Å². The Kier molecular flexibility index (Phi) is 6.90. The molecule has 2 saturated carbocycles. The number of phenols is 1. The van der Waals surface area contributed by atoms with Gasteiger partial charge in [0, 0.05) is 6.54 Å². The fraction of sp³-hybridized carbons (Fsp3) is 0.636. The standard InChI is InChI=1S/C33H45NO3/c1-22-18-24-20-26(35)8-9-27(24)28-12-14-33(2)25(7-10-29(33)32(22)28)13-17-37-30-11-6-23(19-31(30)36-3)21-34-15-4-5-16-34/h6,8-9,11,19-20,22,25,28-29,32,35H,4-5,7,10,12-18,21H2,1-3H3/t22?,25-,28-,29+,32-,33-/m1/s1. The highest BCUT2D eigenvalue weighted by atomic mass is 16.5. The first-order valence-electron chi connectivity index (χ1n) is 14.8. The van der Waals surface area contributed by atoms with E-state index in [4.69, 9.17) is 9.47 Å². The summed E-state index contributed by atoms with van der Waals surface area (Å²) in [5, 5.41) is 10.0. The van der Waals surface area contributed by atoms with Gasteiger partial charge in [-0.25, -0.2) is 0 Å². The van der Waals surface area contributed by atoms with Crippen LogP contribution in [0.25, 0.3) is 0 Å². The molecule has 2 aromatic carbocycles. The van der Waals surface area contributed by atoms with Crippen LogP contribution in [0.3, 0.4) is 0 Å². The van der Waals surface area contributed by atoms with Gasteiger partial charge in [0.15, 0.2) is 11.5 Å². The molecule has 4 nitrogen and oxygen atoms in total. The van der Waals surface area contributed by atoms with Crippen molar-refractivity contribution in [2.75, 3.05) is 26.8 Å². The zero-order chi connectivity index (χ0) is 25.6. The lowest BCUT2D eigenvalue weighted by atomic mass is 9.51. The Labute approximate surface area is 223 Å². The topological polar surface area (TPSA) is 41.9 Å². The Morgan fingerprint density at radius 2 is 1.86 bits per heavy atom. The quantitative estimate of drug-likeness (QED) is 0.434. The first-order valence-corrected chi connectivity index (χ1v) is 14.8. The number of phenolic OH excluding ortho intramolecular Hbond substituents is 1. The maximum atomic E-state index is 10.0.